The van der Waals surface area contributed by atoms with Gasteiger partial charge in [0, 0.05) is 30.7 Å². The highest BCUT2D eigenvalue weighted by atomic mass is 79.9. The van der Waals surface area contributed by atoms with Crippen LogP contribution in [0.5, 0.6) is 0 Å². The van der Waals surface area contributed by atoms with Crippen LogP contribution in [0.25, 0.3) is 0 Å². The minimum Gasteiger partial charge on any atom is -0.291 e. The zero-order valence-corrected chi connectivity index (χ0v) is 11.9. The number of halogens is 1. The first-order valence-electron chi connectivity index (χ1n) is 5.58. The van der Waals surface area contributed by atoms with Gasteiger partial charge in [0.05, 0.1) is 6.54 Å². The van der Waals surface area contributed by atoms with Crippen molar-refractivity contribution in [1.82, 2.24) is 9.78 Å². The van der Waals surface area contributed by atoms with Crippen LogP contribution in [-0.2, 0) is 18.4 Å². The fourth-order valence-corrected chi connectivity index (χ4v) is 1.94. The fourth-order valence-electron chi connectivity index (χ4n) is 1.67. The van der Waals surface area contributed by atoms with E-state index >= 15 is 0 Å². The molecule has 94 valence electrons. The molecule has 0 aliphatic heterocycles. The molecule has 0 unspecified atom stereocenters. The van der Waals surface area contributed by atoms with Gasteiger partial charge in [-0.25, -0.2) is 0 Å². The predicted octanol–water partition coefficient (Wildman–Crippen LogP) is 2.74. The van der Waals surface area contributed by atoms with Gasteiger partial charge < -0.3 is 0 Å². The number of aromatic nitrogens is 2. The van der Waals surface area contributed by atoms with Crippen LogP contribution in [0.2, 0.25) is 0 Å². The van der Waals surface area contributed by atoms with Gasteiger partial charge in [0.2, 0.25) is 5.91 Å². The fraction of sp³-hybridized carbons (Fsp3) is 0.231. The summed E-state index contributed by atoms with van der Waals surface area (Å²) in [6.45, 7) is 2.08. The van der Waals surface area contributed by atoms with Crippen molar-refractivity contribution < 1.29 is 4.79 Å². The lowest BCUT2D eigenvalue weighted by Gasteiger charge is -2.18. The highest BCUT2D eigenvalue weighted by Gasteiger charge is 2.14. The van der Waals surface area contributed by atoms with E-state index in [9.17, 15) is 4.79 Å². The summed E-state index contributed by atoms with van der Waals surface area (Å²) in [6, 6.07) is 9.74. The van der Waals surface area contributed by atoms with Crippen molar-refractivity contribution in [1.29, 1.82) is 0 Å². The SMILES string of the molecule is CC(=O)N(Cc1ccc(Br)cc1)c1ccn(C)n1. The first-order valence-corrected chi connectivity index (χ1v) is 6.38. The Morgan fingerprint density at radius 3 is 2.50 bits per heavy atom. The van der Waals surface area contributed by atoms with Crippen LogP contribution in [0.3, 0.4) is 0 Å². The van der Waals surface area contributed by atoms with Crippen molar-refractivity contribution >= 4 is 27.7 Å². The molecular weight excluding hydrogens is 294 g/mol. The Hall–Kier alpha value is -1.62. The molecule has 0 N–H and O–H groups in total. The minimum atomic E-state index is -0.0170. The van der Waals surface area contributed by atoms with Crippen LogP contribution in [0.15, 0.2) is 41.0 Å². The summed E-state index contributed by atoms with van der Waals surface area (Å²) in [5.74, 6) is 0.657. The molecule has 0 aliphatic rings. The molecule has 0 saturated carbocycles. The van der Waals surface area contributed by atoms with Gasteiger partial charge in [-0.05, 0) is 17.7 Å². The quantitative estimate of drug-likeness (QED) is 0.874. The average Bonchev–Trinajstić information content (AvgIpc) is 2.74. The molecule has 1 aromatic heterocycles. The number of carbonyl (C=O) groups is 1. The molecule has 0 spiro atoms. The predicted molar refractivity (Wildman–Crippen MR) is 74.2 cm³/mol. The summed E-state index contributed by atoms with van der Waals surface area (Å²) in [5.41, 5.74) is 1.07. The summed E-state index contributed by atoms with van der Waals surface area (Å²) in [6.07, 6.45) is 1.83. The maximum atomic E-state index is 11.7. The topological polar surface area (TPSA) is 38.1 Å². The molecule has 0 bridgehead atoms. The Morgan fingerprint density at radius 2 is 2.00 bits per heavy atom. The Balaban J connectivity index is 2.22. The third kappa shape index (κ3) is 2.98. The standard InChI is InChI=1S/C13H14BrN3O/c1-10(18)17(13-7-8-16(2)15-13)9-11-3-5-12(14)6-4-11/h3-8H,9H2,1-2H3. The second-order valence-corrected chi connectivity index (χ2v) is 4.99. The number of carbonyl (C=O) groups excluding carboxylic acids is 1. The smallest absolute Gasteiger partial charge is 0.225 e. The zero-order valence-electron chi connectivity index (χ0n) is 10.3. The third-order valence-electron chi connectivity index (χ3n) is 2.61. The molecular formula is C13H14BrN3O. The maximum absolute atomic E-state index is 11.7. The number of rotatable bonds is 3. The number of amides is 1. The van der Waals surface area contributed by atoms with Crippen LogP contribution >= 0.6 is 15.9 Å². The van der Waals surface area contributed by atoms with Crippen LogP contribution in [0.4, 0.5) is 5.82 Å². The van der Waals surface area contributed by atoms with E-state index in [4.69, 9.17) is 0 Å². The van der Waals surface area contributed by atoms with Crippen LogP contribution in [0, 0.1) is 0 Å². The second kappa shape index (κ2) is 5.35. The summed E-state index contributed by atoms with van der Waals surface area (Å²) in [4.78, 5) is 13.3. The highest BCUT2D eigenvalue weighted by molar-refractivity contribution is 9.10. The van der Waals surface area contributed by atoms with Crippen LogP contribution in [0.1, 0.15) is 12.5 Å². The van der Waals surface area contributed by atoms with E-state index in [2.05, 4.69) is 21.0 Å². The Kier molecular flexibility index (Phi) is 3.81. The van der Waals surface area contributed by atoms with E-state index in [0.29, 0.717) is 12.4 Å². The van der Waals surface area contributed by atoms with E-state index < -0.39 is 0 Å². The monoisotopic (exact) mass is 307 g/mol. The van der Waals surface area contributed by atoms with Gasteiger partial charge in [-0.15, -0.1) is 0 Å². The molecule has 18 heavy (non-hydrogen) atoms. The second-order valence-electron chi connectivity index (χ2n) is 4.08. The van der Waals surface area contributed by atoms with Gasteiger partial charge in [-0.2, -0.15) is 5.10 Å². The number of benzene rings is 1. The first-order chi connectivity index (χ1) is 8.56. The number of aryl methyl sites for hydroxylation is 1. The molecule has 2 rings (SSSR count). The molecule has 4 nitrogen and oxygen atoms in total. The van der Waals surface area contributed by atoms with Crippen molar-refractivity contribution in [3.63, 3.8) is 0 Å². The van der Waals surface area contributed by atoms with Crippen LogP contribution < -0.4 is 4.90 Å². The summed E-state index contributed by atoms with van der Waals surface area (Å²) in [7, 11) is 1.83. The first kappa shape index (κ1) is 12.8. The molecule has 1 heterocycles. The summed E-state index contributed by atoms with van der Waals surface area (Å²) < 4.78 is 2.71. The van der Waals surface area contributed by atoms with Crippen LogP contribution in [-0.4, -0.2) is 15.7 Å². The van der Waals surface area contributed by atoms with Crippen molar-refractivity contribution in [3.05, 3.63) is 46.6 Å². The molecule has 0 aliphatic carbocycles. The number of nitrogens with zero attached hydrogens (tertiary/aromatic N) is 3. The highest BCUT2D eigenvalue weighted by Crippen LogP contribution is 2.16. The van der Waals surface area contributed by atoms with Crippen molar-refractivity contribution in [2.24, 2.45) is 7.05 Å². The third-order valence-corrected chi connectivity index (χ3v) is 3.14. The minimum absolute atomic E-state index is 0.0170. The molecule has 0 fully saturated rings. The van der Waals surface area contributed by atoms with E-state index in [-0.39, 0.29) is 5.91 Å². The van der Waals surface area contributed by atoms with E-state index in [1.54, 1.807) is 16.5 Å². The van der Waals surface area contributed by atoms with E-state index in [1.165, 1.54) is 0 Å². The maximum Gasteiger partial charge on any atom is 0.225 e. The van der Waals surface area contributed by atoms with Gasteiger partial charge in [-0.1, -0.05) is 28.1 Å². The molecule has 0 saturated heterocycles. The lowest BCUT2D eigenvalue weighted by Crippen LogP contribution is -2.28. The largest absolute Gasteiger partial charge is 0.291 e. The van der Waals surface area contributed by atoms with E-state index in [0.717, 1.165) is 10.0 Å². The normalized spacial score (nSPS) is 10.4. The van der Waals surface area contributed by atoms with Gasteiger partial charge in [-0.3, -0.25) is 14.4 Å². The Labute approximate surface area is 114 Å². The van der Waals surface area contributed by atoms with E-state index in [1.807, 2.05) is 43.6 Å². The molecule has 2 aromatic rings. The van der Waals surface area contributed by atoms with Gasteiger partial charge in [0.1, 0.15) is 0 Å². The lowest BCUT2D eigenvalue weighted by molar-refractivity contribution is -0.116. The number of hydrogen-bond acceptors (Lipinski definition) is 2. The zero-order chi connectivity index (χ0) is 13.1. The Bertz CT molecular complexity index is 548. The summed E-state index contributed by atoms with van der Waals surface area (Å²) in [5, 5.41) is 4.26. The molecule has 5 heteroatoms. The van der Waals surface area contributed by atoms with Gasteiger partial charge in [0.25, 0.3) is 0 Å². The van der Waals surface area contributed by atoms with Crippen molar-refractivity contribution in [2.75, 3.05) is 4.90 Å². The molecule has 1 amide bonds. The number of hydrogen-bond donors (Lipinski definition) is 0. The van der Waals surface area contributed by atoms with Gasteiger partial charge in [0.15, 0.2) is 5.82 Å². The number of anilines is 1. The average molecular weight is 308 g/mol. The lowest BCUT2D eigenvalue weighted by atomic mass is 10.2. The molecule has 0 atom stereocenters. The van der Waals surface area contributed by atoms with Crippen molar-refractivity contribution in [2.45, 2.75) is 13.5 Å². The van der Waals surface area contributed by atoms with Crippen molar-refractivity contribution in [3.8, 4) is 0 Å². The molecule has 0 radical (unpaired) electrons. The summed E-state index contributed by atoms with van der Waals surface area (Å²) >= 11 is 3.39. The van der Waals surface area contributed by atoms with Gasteiger partial charge >= 0.3 is 0 Å². The Morgan fingerprint density at radius 1 is 1.33 bits per heavy atom. The molecule has 1 aromatic carbocycles.